The van der Waals surface area contributed by atoms with Gasteiger partial charge in [0.1, 0.15) is 23.3 Å². The van der Waals surface area contributed by atoms with E-state index in [1.807, 2.05) is 13.0 Å². The van der Waals surface area contributed by atoms with Gasteiger partial charge in [0.2, 0.25) is 5.91 Å². The van der Waals surface area contributed by atoms with Crippen LogP contribution in [0.25, 0.3) is 6.08 Å². The Bertz CT molecular complexity index is 837. The summed E-state index contributed by atoms with van der Waals surface area (Å²) in [5, 5.41) is 5.95. The topological polar surface area (TPSA) is 79.4 Å². The number of amides is 1. The lowest BCUT2D eigenvalue weighted by atomic mass is 10.2. The third kappa shape index (κ3) is 5.75. The number of nitrogens with one attached hydrogen (secondary N) is 2. The van der Waals surface area contributed by atoms with Crippen molar-refractivity contribution in [3.63, 3.8) is 0 Å². The van der Waals surface area contributed by atoms with Crippen LogP contribution in [0.15, 0.2) is 36.4 Å². The summed E-state index contributed by atoms with van der Waals surface area (Å²) in [5.74, 6) is 1.63. The van der Waals surface area contributed by atoms with E-state index < -0.39 is 0 Å². The third-order valence-electron chi connectivity index (χ3n) is 4.21. The lowest BCUT2D eigenvalue weighted by Gasteiger charge is -2.28. The van der Waals surface area contributed by atoms with Gasteiger partial charge in [-0.2, -0.15) is 0 Å². The van der Waals surface area contributed by atoms with E-state index in [9.17, 15) is 9.18 Å². The van der Waals surface area contributed by atoms with E-state index in [4.69, 9.17) is 4.74 Å². The van der Waals surface area contributed by atoms with Gasteiger partial charge in [0.25, 0.3) is 0 Å². The number of benzene rings is 1. The van der Waals surface area contributed by atoms with Crippen molar-refractivity contribution in [3.05, 3.63) is 53.6 Å². The average molecular weight is 385 g/mol. The SMILES string of the molecule is Cc1nc(NCCNC(=O)/C=C/c2ccccc2F)cc(N2CCOCC2)n1. The van der Waals surface area contributed by atoms with Crippen molar-refractivity contribution in [2.24, 2.45) is 0 Å². The number of hydrogen-bond acceptors (Lipinski definition) is 6. The minimum atomic E-state index is -0.358. The maximum atomic E-state index is 13.5. The van der Waals surface area contributed by atoms with Gasteiger partial charge >= 0.3 is 0 Å². The van der Waals surface area contributed by atoms with Crippen molar-refractivity contribution in [2.45, 2.75) is 6.92 Å². The van der Waals surface area contributed by atoms with Crippen molar-refractivity contribution in [1.29, 1.82) is 0 Å². The highest BCUT2D eigenvalue weighted by molar-refractivity contribution is 5.91. The predicted octanol–water partition coefficient (Wildman–Crippen LogP) is 2.00. The second kappa shape index (κ2) is 9.80. The molecule has 1 aliphatic heterocycles. The number of carbonyl (C=O) groups excluding carboxylic acids is 1. The van der Waals surface area contributed by atoms with Crippen LogP contribution in [-0.2, 0) is 9.53 Å². The second-order valence-electron chi connectivity index (χ2n) is 6.33. The molecule has 1 fully saturated rings. The first-order valence-corrected chi connectivity index (χ1v) is 9.24. The van der Waals surface area contributed by atoms with Crippen LogP contribution in [0.5, 0.6) is 0 Å². The molecule has 0 saturated carbocycles. The van der Waals surface area contributed by atoms with Crippen molar-refractivity contribution in [2.75, 3.05) is 49.6 Å². The minimum Gasteiger partial charge on any atom is -0.378 e. The molecule has 0 bridgehead atoms. The largest absolute Gasteiger partial charge is 0.378 e. The monoisotopic (exact) mass is 385 g/mol. The molecule has 1 aromatic carbocycles. The fourth-order valence-electron chi connectivity index (χ4n) is 2.81. The molecule has 0 spiro atoms. The van der Waals surface area contributed by atoms with Gasteiger partial charge in [0, 0.05) is 43.9 Å². The van der Waals surface area contributed by atoms with Gasteiger partial charge in [-0.3, -0.25) is 4.79 Å². The quantitative estimate of drug-likeness (QED) is 0.561. The van der Waals surface area contributed by atoms with E-state index >= 15 is 0 Å². The Morgan fingerprint density at radius 1 is 1.25 bits per heavy atom. The number of hydrogen-bond donors (Lipinski definition) is 2. The highest BCUT2D eigenvalue weighted by Crippen LogP contribution is 2.17. The first-order valence-electron chi connectivity index (χ1n) is 9.24. The summed E-state index contributed by atoms with van der Waals surface area (Å²) in [5.41, 5.74) is 0.378. The molecular formula is C20H24FN5O2. The molecule has 1 aromatic heterocycles. The first kappa shape index (κ1) is 19.8. The van der Waals surface area contributed by atoms with Crippen molar-refractivity contribution >= 4 is 23.6 Å². The van der Waals surface area contributed by atoms with Crippen LogP contribution in [0.4, 0.5) is 16.0 Å². The number of morpholine rings is 1. The Morgan fingerprint density at radius 3 is 2.82 bits per heavy atom. The van der Waals surface area contributed by atoms with Crippen LogP contribution in [0.2, 0.25) is 0 Å². The smallest absolute Gasteiger partial charge is 0.244 e. The molecule has 0 unspecified atom stereocenters. The number of ether oxygens (including phenoxy) is 1. The van der Waals surface area contributed by atoms with Crippen molar-refractivity contribution in [1.82, 2.24) is 15.3 Å². The van der Waals surface area contributed by atoms with E-state index in [1.54, 1.807) is 18.2 Å². The zero-order valence-electron chi connectivity index (χ0n) is 15.8. The lowest BCUT2D eigenvalue weighted by molar-refractivity contribution is -0.116. The van der Waals surface area contributed by atoms with E-state index in [1.165, 1.54) is 18.2 Å². The Hall–Kier alpha value is -3.00. The molecule has 1 aliphatic rings. The van der Waals surface area contributed by atoms with Gasteiger partial charge in [-0.1, -0.05) is 18.2 Å². The molecule has 1 saturated heterocycles. The van der Waals surface area contributed by atoms with Gasteiger partial charge in [-0.05, 0) is 19.1 Å². The first-order chi connectivity index (χ1) is 13.6. The highest BCUT2D eigenvalue weighted by Gasteiger charge is 2.14. The fraction of sp³-hybridized carbons (Fsp3) is 0.350. The van der Waals surface area contributed by atoms with E-state index in [0.717, 1.165) is 18.9 Å². The maximum absolute atomic E-state index is 13.5. The minimum absolute atomic E-state index is 0.280. The maximum Gasteiger partial charge on any atom is 0.244 e. The molecule has 2 aromatic rings. The van der Waals surface area contributed by atoms with Crippen LogP contribution in [0.1, 0.15) is 11.4 Å². The molecule has 2 heterocycles. The zero-order valence-corrected chi connectivity index (χ0v) is 15.8. The third-order valence-corrected chi connectivity index (χ3v) is 4.21. The summed E-state index contributed by atoms with van der Waals surface area (Å²) in [4.78, 5) is 22.9. The summed E-state index contributed by atoms with van der Waals surface area (Å²) >= 11 is 0. The van der Waals surface area contributed by atoms with Crippen molar-refractivity contribution in [3.8, 4) is 0 Å². The fourth-order valence-corrected chi connectivity index (χ4v) is 2.81. The summed E-state index contributed by atoms with van der Waals surface area (Å²) < 4.78 is 18.9. The van der Waals surface area contributed by atoms with Crippen LogP contribution >= 0.6 is 0 Å². The van der Waals surface area contributed by atoms with Gasteiger partial charge in [0.15, 0.2) is 0 Å². The molecule has 0 aliphatic carbocycles. The van der Waals surface area contributed by atoms with E-state index in [0.29, 0.717) is 43.5 Å². The molecule has 28 heavy (non-hydrogen) atoms. The molecule has 0 radical (unpaired) electrons. The lowest BCUT2D eigenvalue weighted by Crippen LogP contribution is -2.37. The van der Waals surface area contributed by atoms with E-state index in [-0.39, 0.29) is 11.7 Å². The molecule has 8 heteroatoms. The van der Waals surface area contributed by atoms with Gasteiger partial charge in [0.05, 0.1) is 13.2 Å². The zero-order chi connectivity index (χ0) is 19.8. The van der Waals surface area contributed by atoms with Crippen molar-refractivity contribution < 1.29 is 13.9 Å². The summed E-state index contributed by atoms with van der Waals surface area (Å²) in [6, 6.07) is 8.20. The summed E-state index contributed by atoms with van der Waals surface area (Å²) in [6.45, 7) is 5.77. The molecule has 7 nitrogen and oxygen atoms in total. The molecule has 148 valence electrons. The average Bonchev–Trinajstić information content (AvgIpc) is 2.71. The van der Waals surface area contributed by atoms with Crippen LogP contribution in [-0.4, -0.2) is 55.3 Å². The molecule has 0 atom stereocenters. The van der Waals surface area contributed by atoms with Crippen LogP contribution in [0, 0.1) is 12.7 Å². The molecule has 3 rings (SSSR count). The van der Waals surface area contributed by atoms with Gasteiger partial charge in [-0.25, -0.2) is 14.4 Å². The summed E-state index contributed by atoms with van der Waals surface area (Å²) in [6.07, 6.45) is 2.78. The Balaban J connectivity index is 1.46. The number of aromatic nitrogens is 2. The number of anilines is 2. The Labute approximate surface area is 163 Å². The highest BCUT2D eigenvalue weighted by atomic mass is 19.1. The van der Waals surface area contributed by atoms with Gasteiger partial charge in [-0.15, -0.1) is 0 Å². The second-order valence-corrected chi connectivity index (χ2v) is 6.33. The predicted molar refractivity (Wildman–Crippen MR) is 107 cm³/mol. The number of halogens is 1. The number of rotatable bonds is 7. The Morgan fingerprint density at radius 2 is 2.04 bits per heavy atom. The molecule has 1 amide bonds. The molecular weight excluding hydrogens is 361 g/mol. The number of carbonyl (C=O) groups is 1. The normalized spacial score (nSPS) is 14.3. The standard InChI is InChI=1S/C20H24FN5O2/c1-15-24-18(14-19(25-15)26-10-12-28-13-11-26)22-8-9-23-20(27)7-6-16-4-2-3-5-17(16)21/h2-7,14H,8-13H2,1H3,(H,23,27)(H,22,24,25)/b7-6+. The van der Waals surface area contributed by atoms with Crippen LogP contribution < -0.4 is 15.5 Å². The van der Waals surface area contributed by atoms with E-state index in [2.05, 4.69) is 25.5 Å². The summed E-state index contributed by atoms with van der Waals surface area (Å²) in [7, 11) is 0. The number of nitrogens with zero attached hydrogens (tertiary/aromatic N) is 3. The van der Waals surface area contributed by atoms with Crippen LogP contribution in [0.3, 0.4) is 0 Å². The van der Waals surface area contributed by atoms with Gasteiger partial charge < -0.3 is 20.3 Å². The number of aryl methyl sites for hydroxylation is 1. The molecule has 2 N–H and O–H groups in total. The Kier molecular flexibility index (Phi) is 6.91.